The smallest absolute Gasteiger partial charge is 0.191 e. The summed E-state index contributed by atoms with van der Waals surface area (Å²) in [6.45, 7) is 4.81. The van der Waals surface area contributed by atoms with Crippen LogP contribution in [0.15, 0.2) is 29.3 Å². The predicted molar refractivity (Wildman–Crippen MR) is 104 cm³/mol. The number of aliphatic imine (C=N–C) groups is 1. The molecule has 1 heterocycles. The van der Waals surface area contributed by atoms with E-state index in [1.807, 2.05) is 7.05 Å². The average Bonchev–Trinajstić information content (AvgIpc) is 2.67. The van der Waals surface area contributed by atoms with Crippen LogP contribution in [0.25, 0.3) is 0 Å². The SMILES string of the molecule is CN=C(NCC1(c2ccccc2C)CCOCC1)NC1CCCCC1. The zero-order chi connectivity index (χ0) is 17.5. The second-order valence-electron chi connectivity index (χ2n) is 7.61. The van der Waals surface area contributed by atoms with Gasteiger partial charge < -0.3 is 15.4 Å². The molecule has 1 saturated heterocycles. The summed E-state index contributed by atoms with van der Waals surface area (Å²) >= 11 is 0. The Bertz CT molecular complexity index is 572. The third-order valence-electron chi connectivity index (χ3n) is 5.93. The van der Waals surface area contributed by atoms with Crippen LogP contribution in [0, 0.1) is 6.92 Å². The summed E-state index contributed by atoms with van der Waals surface area (Å²) in [5.41, 5.74) is 2.97. The summed E-state index contributed by atoms with van der Waals surface area (Å²) < 4.78 is 5.67. The van der Waals surface area contributed by atoms with Crippen LogP contribution in [0.5, 0.6) is 0 Å². The fraction of sp³-hybridized carbons (Fsp3) is 0.667. The first-order valence-corrected chi connectivity index (χ1v) is 9.84. The summed E-state index contributed by atoms with van der Waals surface area (Å²) in [5, 5.41) is 7.27. The monoisotopic (exact) mass is 343 g/mol. The van der Waals surface area contributed by atoms with Crippen LogP contribution in [-0.4, -0.2) is 38.8 Å². The van der Waals surface area contributed by atoms with E-state index >= 15 is 0 Å². The quantitative estimate of drug-likeness (QED) is 0.649. The van der Waals surface area contributed by atoms with Crippen molar-refractivity contribution in [2.75, 3.05) is 26.8 Å². The summed E-state index contributed by atoms with van der Waals surface area (Å²) in [6, 6.07) is 9.38. The van der Waals surface area contributed by atoms with Crippen LogP contribution in [0.2, 0.25) is 0 Å². The lowest BCUT2D eigenvalue weighted by Crippen LogP contribution is -2.50. The van der Waals surface area contributed by atoms with E-state index in [0.717, 1.165) is 38.6 Å². The average molecular weight is 344 g/mol. The van der Waals surface area contributed by atoms with E-state index in [1.165, 1.54) is 43.2 Å². The van der Waals surface area contributed by atoms with Crippen molar-refractivity contribution in [1.82, 2.24) is 10.6 Å². The molecular weight excluding hydrogens is 310 g/mol. The van der Waals surface area contributed by atoms with E-state index in [4.69, 9.17) is 4.74 Å². The van der Waals surface area contributed by atoms with Gasteiger partial charge in [-0.1, -0.05) is 43.5 Å². The largest absolute Gasteiger partial charge is 0.381 e. The van der Waals surface area contributed by atoms with E-state index in [0.29, 0.717) is 6.04 Å². The number of rotatable bonds is 4. The zero-order valence-electron chi connectivity index (χ0n) is 15.8. The van der Waals surface area contributed by atoms with Crippen molar-refractivity contribution in [3.63, 3.8) is 0 Å². The molecule has 0 spiro atoms. The van der Waals surface area contributed by atoms with Gasteiger partial charge in [0.05, 0.1) is 0 Å². The van der Waals surface area contributed by atoms with Crippen LogP contribution < -0.4 is 10.6 Å². The Morgan fingerprint density at radius 3 is 2.56 bits per heavy atom. The summed E-state index contributed by atoms with van der Waals surface area (Å²) in [4.78, 5) is 4.48. The van der Waals surface area contributed by atoms with Crippen LogP contribution in [-0.2, 0) is 10.2 Å². The van der Waals surface area contributed by atoms with Crippen molar-refractivity contribution in [1.29, 1.82) is 0 Å². The van der Waals surface area contributed by atoms with Crippen molar-refractivity contribution in [2.24, 2.45) is 4.99 Å². The third-order valence-corrected chi connectivity index (χ3v) is 5.93. The van der Waals surface area contributed by atoms with Gasteiger partial charge in [-0.25, -0.2) is 0 Å². The van der Waals surface area contributed by atoms with Crippen molar-refractivity contribution < 1.29 is 4.74 Å². The van der Waals surface area contributed by atoms with Crippen LogP contribution >= 0.6 is 0 Å². The molecule has 1 aromatic carbocycles. The standard InChI is InChI=1S/C21H33N3O/c1-17-8-6-7-11-19(17)21(12-14-25-15-13-21)16-23-20(22-2)24-18-9-4-3-5-10-18/h6-8,11,18H,3-5,9-10,12-16H2,1-2H3,(H2,22,23,24). The summed E-state index contributed by atoms with van der Waals surface area (Å²) in [6.07, 6.45) is 8.68. The number of benzene rings is 1. The molecule has 138 valence electrons. The highest BCUT2D eigenvalue weighted by atomic mass is 16.5. The van der Waals surface area contributed by atoms with E-state index in [2.05, 4.69) is 46.8 Å². The van der Waals surface area contributed by atoms with E-state index < -0.39 is 0 Å². The number of guanidine groups is 1. The molecule has 3 rings (SSSR count). The normalized spacial score (nSPS) is 21.8. The van der Waals surface area contributed by atoms with Gasteiger partial charge in [0.25, 0.3) is 0 Å². The number of aryl methyl sites for hydroxylation is 1. The molecule has 0 aromatic heterocycles. The molecule has 0 bridgehead atoms. The van der Waals surface area contributed by atoms with Gasteiger partial charge in [0.2, 0.25) is 0 Å². The van der Waals surface area contributed by atoms with Crippen LogP contribution in [0.3, 0.4) is 0 Å². The van der Waals surface area contributed by atoms with E-state index in [9.17, 15) is 0 Å². The second kappa shape index (κ2) is 8.70. The van der Waals surface area contributed by atoms with Crippen LogP contribution in [0.1, 0.15) is 56.1 Å². The van der Waals surface area contributed by atoms with Gasteiger partial charge in [0.1, 0.15) is 0 Å². The zero-order valence-corrected chi connectivity index (χ0v) is 15.8. The maximum absolute atomic E-state index is 5.67. The molecule has 1 aliphatic carbocycles. The van der Waals surface area contributed by atoms with Crippen molar-refractivity contribution in [2.45, 2.75) is 63.3 Å². The minimum Gasteiger partial charge on any atom is -0.381 e. The van der Waals surface area contributed by atoms with Gasteiger partial charge in [0, 0.05) is 38.3 Å². The highest BCUT2D eigenvalue weighted by Gasteiger charge is 2.35. The molecule has 1 aromatic rings. The molecule has 1 saturated carbocycles. The number of hydrogen-bond donors (Lipinski definition) is 2. The third kappa shape index (κ3) is 4.55. The Morgan fingerprint density at radius 2 is 1.88 bits per heavy atom. The van der Waals surface area contributed by atoms with Crippen molar-refractivity contribution in [3.05, 3.63) is 35.4 Å². The summed E-state index contributed by atoms with van der Waals surface area (Å²) in [5.74, 6) is 0.950. The maximum Gasteiger partial charge on any atom is 0.191 e. The molecule has 2 fully saturated rings. The molecule has 1 aliphatic heterocycles. The first-order chi connectivity index (χ1) is 12.2. The Kier molecular flexibility index (Phi) is 6.35. The van der Waals surface area contributed by atoms with Gasteiger partial charge in [-0.2, -0.15) is 0 Å². The van der Waals surface area contributed by atoms with E-state index in [-0.39, 0.29) is 5.41 Å². The molecule has 0 radical (unpaired) electrons. The minimum atomic E-state index is 0.133. The number of nitrogens with one attached hydrogen (secondary N) is 2. The molecule has 0 amide bonds. The first-order valence-electron chi connectivity index (χ1n) is 9.84. The molecule has 4 nitrogen and oxygen atoms in total. The lowest BCUT2D eigenvalue weighted by molar-refractivity contribution is 0.0511. The number of ether oxygens (including phenoxy) is 1. The van der Waals surface area contributed by atoms with Crippen LogP contribution in [0.4, 0.5) is 0 Å². The lowest BCUT2D eigenvalue weighted by atomic mass is 9.72. The predicted octanol–water partition coefficient (Wildman–Crippen LogP) is 3.54. The van der Waals surface area contributed by atoms with Gasteiger partial charge in [-0.15, -0.1) is 0 Å². The first kappa shape index (κ1) is 18.2. The Balaban J connectivity index is 1.69. The van der Waals surface area contributed by atoms with E-state index in [1.54, 1.807) is 0 Å². The lowest BCUT2D eigenvalue weighted by Gasteiger charge is -2.39. The Hall–Kier alpha value is -1.55. The van der Waals surface area contributed by atoms with Crippen molar-refractivity contribution in [3.8, 4) is 0 Å². The molecule has 0 unspecified atom stereocenters. The van der Waals surface area contributed by atoms with Gasteiger partial charge >= 0.3 is 0 Å². The fourth-order valence-electron chi connectivity index (χ4n) is 4.36. The fourth-order valence-corrected chi connectivity index (χ4v) is 4.36. The molecular formula is C21H33N3O. The molecule has 4 heteroatoms. The topological polar surface area (TPSA) is 45.7 Å². The molecule has 2 aliphatic rings. The number of hydrogen-bond acceptors (Lipinski definition) is 2. The highest BCUT2D eigenvalue weighted by Crippen LogP contribution is 2.36. The summed E-state index contributed by atoms with van der Waals surface area (Å²) in [7, 11) is 1.88. The Morgan fingerprint density at radius 1 is 1.16 bits per heavy atom. The maximum atomic E-state index is 5.67. The number of nitrogens with zero attached hydrogens (tertiary/aromatic N) is 1. The molecule has 25 heavy (non-hydrogen) atoms. The van der Waals surface area contributed by atoms with Gasteiger partial charge in [-0.3, -0.25) is 4.99 Å². The van der Waals surface area contributed by atoms with Crippen molar-refractivity contribution >= 4 is 5.96 Å². The Labute approximate surface area is 152 Å². The molecule has 2 N–H and O–H groups in total. The highest BCUT2D eigenvalue weighted by molar-refractivity contribution is 5.80. The second-order valence-corrected chi connectivity index (χ2v) is 7.61. The van der Waals surface area contributed by atoms with Gasteiger partial charge in [0.15, 0.2) is 5.96 Å². The minimum absolute atomic E-state index is 0.133. The van der Waals surface area contributed by atoms with Gasteiger partial charge in [-0.05, 0) is 43.7 Å². The molecule has 0 atom stereocenters.